The van der Waals surface area contributed by atoms with E-state index in [1.54, 1.807) is 19.3 Å². The van der Waals surface area contributed by atoms with Crippen LogP contribution in [-0.2, 0) is 0 Å². The van der Waals surface area contributed by atoms with E-state index in [-0.39, 0.29) is 0 Å². The molecule has 3 aliphatic carbocycles. The van der Waals surface area contributed by atoms with E-state index in [4.69, 9.17) is 0 Å². The maximum atomic E-state index is 2.37. The smallest absolute Gasteiger partial charge is 0.0204 e. The highest BCUT2D eigenvalue weighted by molar-refractivity contribution is 5.27. The monoisotopic (exact) mass is 122 g/mol. The van der Waals surface area contributed by atoms with Crippen LogP contribution in [0.5, 0.6) is 0 Å². The van der Waals surface area contributed by atoms with E-state index in [0.717, 1.165) is 5.41 Å². The van der Waals surface area contributed by atoms with Gasteiger partial charge in [0.25, 0.3) is 0 Å². The van der Waals surface area contributed by atoms with Gasteiger partial charge in [-0.1, -0.05) is 13.3 Å². The summed E-state index contributed by atoms with van der Waals surface area (Å²) in [6, 6.07) is 0. The Morgan fingerprint density at radius 1 is 1.44 bits per heavy atom. The van der Waals surface area contributed by atoms with Crippen LogP contribution in [-0.4, -0.2) is 0 Å². The second-order valence-electron chi connectivity index (χ2n) is 4.21. The van der Waals surface area contributed by atoms with E-state index in [0.29, 0.717) is 0 Å². The van der Waals surface area contributed by atoms with Crippen molar-refractivity contribution < 1.29 is 0 Å². The minimum Gasteiger partial charge on any atom is -0.0651 e. The van der Waals surface area contributed by atoms with Crippen molar-refractivity contribution in [3.63, 3.8) is 0 Å². The fourth-order valence-corrected chi connectivity index (χ4v) is 3.79. The van der Waals surface area contributed by atoms with Crippen LogP contribution in [0.3, 0.4) is 0 Å². The Labute approximate surface area is 56.6 Å². The predicted octanol–water partition coefficient (Wildman–Crippen LogP) is 2.44. The first-order valence-electron chi connectivity index (χ1n) is 4.39. The van der Waals surface area contributed by atoms with E-state index in [2.05, 4.69) is 6.92 Å². The fraction of sp³-hybridized carbons (Fsp3) is 1.00. The third-order valence-corrected chi connectivity index (χ3v) is 4.22. The van der Waals surface area contributed by atoms with E-state index in [1.165, 1.54) is 24.2 Å². The normalized spacial score (nSPS) is 67.0. The maximum Gasteiger partial charge on any atom is -0.0204 e. The number of hydrogen-bond acceptors (Lipinski definition) is 0. The van der Waals surface area contributed by atoms with Gasteiger partial charge in [0.2, 0.25) is 0 Å². The molecule has 0 radical (unpaired) electrons. The molecule has 1 spiro atoms. The van der Waals surface area contributed by atoms with Crippen molar-refractivity contribution in [3.8, 4) is 0 Å². The Hall–Kier alpha value is 0. The Morgan fingerprint density at radius 3 is 2.67 bits per heavy atom. The quantitative estimate of drug-likeness (QED) is 0.501. The molecule has 0 aliphatic heterocycles. The van der Waals surface area contributed by atoms with Crippen LogP contribution in [0.15, 0.2) is 0 Å². The van der Waals surface area contributed by atoms with Crippen molar-refractivity contribution in [1.82, 2.24) is 0 Å². The molecular formula is C9H14. The molecule has 0 N–H and O–H groups in total. The predicted molar refractivity (Wildman–Crippen MR) is 37.0 cm³/mol. The topological polar surface area (TPSA) is 0 Å². The zero-order valence-electron chi connectivity index (χ0n) is 6.06. The fourth-order valence-electron chi connectivity index (χ4n) is 3.79. The molecular weight excluding hydrogens is 108 g/mol. The van der Waals surface area contributed by atoms with Crippen LogP contribution in [0, 0.1) is 23.2 Å². The molecule has 3 unspecified atom stereocenters. The highest BCUT2D eigenvalue weighted by atomic mass is 14.8. The lowest BCUT2D eigenvalue weighted by atomic mass is 10.1. The summed E-state index contributed by atoms with van der Waals surface area (Å²) < 4.78 is 0. The van der Waals surface area contributed by atoms with Gasteiger partial charge in [0.05, 0.1) is 0 Å². The van der Waals surface area contributed by atoms with Crippen LogP contribution in [0.25, 0.3) is 0 Å². The molecule has 0 bridgehead atoms. The molecule has 4 atom stereocenters. The third kappa shape index (κ3) is 0.320. The summed E-state index contributed by atoms with van der Waals surface area (Å²) >= 11 is 0. The van der Waals surface area contributed by atoms with Crippen LogP contribution in [0.2, 0.25) is 0 Å². The second kappa shape index (κ2) is 1.09. The Kier molecular flexibility index (Phi) is 0.574. The van der Waals surface area contributed by atoms with Crippen LogP contribution >= 0.6 is 0 Å². The second-order valence-corrected chi connectivity index (χ2v) is 4.21. The van der Waals surface area contributed by atoms with Gasteiger partial charge in [-0.25, -0.2) is 0 Å². The molecule has 3 fully saturated rings. The highest BCUT2D eigenvalue weighted by Gasteiger charge is 2.79. The summed E-state index contributed by atoms with van der Waals surface area (Å²) in [5.41, 5.74) is 0.995. The minimum atomic E-state index is 0.995. The van der Waals surface area contributed by atoms with Crippen molar-refractivity contribution in [1.29, 1.82) is 0 Å². The summed E-state index contributed by atoms with van der Waals surface area (Å²) in [7, 11) is 0. The first-order chi connectivity index (χ1) is 4.39. The van der Waals surface area contributed by atoms with Gasteiger partial charge in [-0.05, 0) is 42.4 Å². The summed E-state index contributed by atoms with van der Waals surface area (Å²) in [5, 5.41) is 0. The lowest BCUT2D eigenvalue weighted by Crippen LogP contribution is -1.84. The summed E-state index contributed by atoms with van der Waals surface area (Å²) in [6.07, 6.45) is 6.27. The molecule has 3 aliphatic rings. The molecule has 9 heavy (non-hydrogen) atoms. The van der Waals surface area contributed by atoms with E-state index >= 15 is 0 Å². The van der Waals surface area contributed by atoms with Gasteiger partial charge >= 0.3 is 0 Å². The molecule has 0 nitrogen and oxygen atoms in total. The van der Waals surface area contributed by atoms with Crippen molar-refractivity contribution >= 4 is 0 Å². The average Bonchev–Trinajstić information content (AvgIpc) is 2.71. The van der Waals surface area contributed by atoms with E-state index in [9.17, 15) is 0 Å². The van der Waals surface area contributed by atoms with Crippen molar-refractivity contribution in [2.75, 3.05) is 0 Å². The molecule has 0 heteroatoms. The van der Waals surface area contributed by atoms with Gasteiger partial charge in [-0.2, -0.15) is 0 Å². The van der Waals surface area contributed by atoms with Crippen molar-refractivity contribution in [2.45, 2.75) is 32.6 Å². The van der Waals surface area contributed by atoms with E-state index < -0.39 is 0 Å². The first-order valence-corrected chi connectivity index (χ1v) is 4.39. The first kappa shape index (κ1) is 4.76. The Morgan fingerprint density at radius 2 is 2.33 bits per heavy atom. The van der Waals surface area contributed by atoms with Gasteiger partial charge in [-0.3, -0.25) is 0 Å². The van der Waals surface area contributed by atoms with Gasteiger partial charge in [-0.15, -0.1) is 0 Å². The summed E-state index contributed by atoms with van der Waals surface area (Å²) in [5.74, 6) is 3.62. The van der Waals surface area contributed by atoms with Crippen LogP contribution < -0.4 is 0 Å². The zero-order valence-corrected chi connectivity index (χ0v) is 6.06. The largest absolute Gasteiger partial charge is 0.0651 e. The molecule has 3 rings (SSSR count). The maximum absolute atomic E-state index is 2.37. The van der Waals surface area contributed by atoms with Crippen LogP contribution in [0.1, 0.15) is 32.6 Å². The summed E-state index contributed by atoms with van der Waals surface area (Å²) in [6.45, 7) is 2.37. The molecule has 0 aromatic heterocycles. The molecule has 0 aromatic rings. The van der Waals surface area contributed by atoms with Crippen molar-refractivity contribution in [3.05, 3.63) is 0 Å². The average molecular weight is 122 g/mol. The Bertz CT molecular complexity index is 155. The third-order valence-electron chi connectivity index (χ3n) is 4.22. The SMILES string of the molecule is CCC1C2CCC3C[C@]312. The number of rotatable bonds is 1. The molecule has 3 saturated carbocycles. The molecule has 0 aromatic carbocycles. The van der Waals surface area contributed by atoms with E-state index in [1.807, 2.05) is 0 Å². The van der Waals surface area contributed by atoms with Gasteiger partial charge in [0, 0.05) is 0 Å². The molecule has 0 heterocycles. The summed E-state index contributed by atoms with van der Waals surface area (Å²) in [4.78, 5) is 0. The molecule has 0 amide bonds. The zero-order chi connectivity index (χ0) is 6.06. The number of hydrogen-bond donors (Lipinski definition) is 0. The Balaban J connectivity index is 1.90. The minimum absolute atomic E-state index is 0.995. The highest BCUT2D eigenvalue weighted by Crippen LogP contribution is 2.85. The van der Waals surface area contributed by atoms with Gasteiger partial charge in [0.15, 0.2) is 0 Å². The molecule has 0 saturated heterocycles. The molecule has 50 valence electrons. The lowest BCUT2D eigenvalue weighted by Gasteiger charge is -1.94. The standard InChI is InChI=1S/C9H14/c1-2-7-8-4-3-6-5-9(6,7)8/h6-8H,2-5H2,1H3/t6?,7?,8?,9-/m0/s1. The van der Waals surface area contributed by atoms with Crippen molar-refractivity contribution in [2.24, 2.45) is 23.2 Å². The van der Waals surface area contributed by atoms with Crippen LogP contribution in [0.4, 0.5) is 0 Å². The van der Waals surface area contributed by atoms with Gasteiger partial charge < -0.3 is 0 Å². The van der Waals surface area contributed by atoms with Gasteiger partial charge in [0.1, 0.15) is 0 Å². The lowest BCUT2D eigenvalue weighted by molar-refractivity contribution is 0.564.